The number of imide groups is 1. The van der Waals surface area contributed by atoms with Crippen LogP contribution < -0.4 is 14.2 Å². The third-order valence-corrected chi connectivity index (χ3v) is 5.89. The number of esters is 1. The molecule has 0 N–H and O–H groups in total. The van der Waals surface area contributed by atoms with E-state index in [0.29, 0.717) is 34.1 Å². The molecule has 7 nitrogen and oxygen atoms in total. The Kier molecular flexibility index (Phi) is 7.84. The number of nitrogens with zero attached hydrogens (tertiary/aromatic N) is 1. The summed E-state index contributed by atoms with van der Waals surface area (Å²) >= 11 is 0.871. The third kappa shape index (κ3) is 6.10. The van der Waals surface area contributed by atoms with Crippen molar-refractivity contribution in [2.24, 2.45) is 0 Å². The molecule has 0 unspecified atom stereocenters. The highest BCUT2D eigenvalue weighted by Crippen LogP contribution is 2.35. The summed E-state index contributed by atoms with van der Waals surface area (Å²) in [5.74, 6) is 0.420. The number of ether oxygens (including phenoxy) is 3. The normalized spacial score (nSPS) is 14.3. The van der Waals surface area contributed by atoms with Crippen LogP contribution >= 0.6 is 11.8 Å². The highest BCUT2D eigenvalue weighted by atomic mass is 32.2. The van der Waals surface area contributed by atoms with Gasteiger partial charge in [-0.25, -0.2) is 4.79 Å². The number of rotatable bonds is 9. The fourth-order valence-corrected chi connectivity index (χ4v) is 4.18. The van der Waals surface area contributed by atoms with E-state index in [1.54, 1.807) is 48.5 Å². The Bertz CT molecular complexity index is 1240. The van der Waals surface area contributed by atoms with Crippen molar-refractivity contribution in [3.05, 3.63) is 94.9 Å². The first-order valence-corrected chi connectivity index (χ1v) is 11.8. The van der Waals surface area contributed by atoms with E-state index >= 15 is 0 Å². The Morgan fingerprint density at radius 1 is 0.914 bits per heavy atom. The van der Waals surface area contributed by atoms with Crippen molar-refractivity contribution in [3.63, 3.8) is 0 Å². The fraction of sp³-hybridized carbons (Fsp3) is 0.148. The number of thioether (sulfide) groups is 1. The van der Waals surface area contributed by atoms with Crippen LogP contribution in [0.2, 0.25) is 0 Å². The van der Waals surface area contributed by atoms with Crippen molar-refractivity contribution >= 4 is 35.0 Å². The second-order valence-electron chi connectivity index (χ2n) is 7.39. The summed E-state index contributed by atoms with van der Waals surface area (Å²) in [6.07, 6.45) is 1.62. The van der Waals surface area contributed by atoms with E-state index in [4.69, 9.17) is 14.2 Å². The van der Waals surface area contributed by atoms with Crippen LogP contribution in [0, 0.1) is 0 Å². The van der Waals surface area contributed by atoms with E-state index in [0.717, 1.165) is 11.8 Å². The third-order valence-electron chi connectivity index (χ3n) is 4.98. The molecule has 8 heteroatoms. The highest BCUT2D eigenvalue weighted by molar-refractivity contribution is 8.18. The fourth-order valence-electron chi connectivity index (χ4n) is 3.32. The Morgan fingerprint density at radius 3 is 2.34 bits per heavy atom. The van der Waals surface area contributed by atoms with Gasteiger partial charge < -0.3 is 14.2 Å². The minimum Gasteiger partial charge on any atom is -0.492 e. The first kappa shape index (κ1) is 24.1. The molecule has 0 bridgehead atoms. The van der Waals surface area contributed by atoms with Crippen molar-refractivity contribution in [2.45, 2.75) is 6.92 Å². The van der Waals surface area contributed by atoms with Crippen LogP contribution in [-0.2, 0) is 4.79 Å². The molecule has 178 valence electrons. The Morgan fingerprint density at radius 2 is 1.63 bits per heavy atom. The monoisotopic (exact) mass is 489 g/mol. The van der Waals surface area contributed by atoms with E-state index in [2.05, 4.69) is 0 Å². The second kappa shape index (κ2) is 11.4. The lowest BCUT2D eigenvalue weighted by atomic mass is 10.1. The van der Waals surface area contributed by atoms with E-state index in [-0.39, 0.29) is 30.0 Å². The molecule has 3 aromatic rings. The lowest BCUT2D eigenvalue weighted by Gasteiger charge is -2.13. The molecule has 0 atom stereocenters. The molecular formula is C27H23NO6S. The van der Waals surface area contributed by atoms with E-state index in [9.17, 15) is 14.4 Å². The number of benzene rings is 3. The Balaban J connectivity index is 1.45. The van der Waals surface area contributed by atoms with E-state index in [1.165, 1.54) is 4.90 Å². The van der Waals surface area contributed by atoms with E-state index < -0.39 is 5.97 Å². The van der Waals surface area contributed by atoms with Crippen molar-refractivity contribution in [1.29, 1.82) is 0 Å². The van der Waals surface area contributed by atoms with Gasteiger partial charge in [-0.2, -0.15) is 0 Å². The van der Waals surface area contributed by atoms with E-state index in [1.807, 2.05) is 43.3 Å². The zero-order valence-corrected chi connectivity index (χ0v) is 19.8. The summed E-state index contributed by atoms with van der Waals surface area (Å²) in [5, 5.41) is -0.351. The summed E-state index contributed by atoms with van der Waals surface area (Å²) in [7, 11) is 0. The van der Waals surface area contributed by atoms with Gasteiger partial charge >= 0.3 is 5.97 Å². The standard InChI is InChI=1S/C27H23NO6S/c1-2-32-23-17-19(13-14-22(23)34-26(30)20-9-5-3-6-10-20)18-24-25(29)28(27(31)35-24)15-16-33-21-11-7-4-8-12-21/h3-14,17-18H,2,15-16H2,1H3/b24-18-. The maximum absolute atomic E-state index is 12.8. The van der Waals surface area contributed by atoms with Gasteiger partial charge in [-0.1, -0.05) is 42.5 Å². The molecule has 35 heavy (non-hydrogen) atoms. The molecule has 0 spiro atoms. The zero-order valence-electron chi connectivity index (χ0n) is 19.0. The highest BCUT2D eigenvalue weighted by Gasteiger charge is 2.34. The molecule has 2 amide bonds. The minimum atomic E-state index is -0.502. The number of hydrogen-bond donors (Lipinski definition) is 0. The van der Waals surface area contributed by atoms with Crippen molar-refractivity contribution in [3.8, 4) is 17.2 Å². The van der Waals surface area contributed by atoms with Crippen molar-refractivity contribution in [2.75, 3.05) is 19.8 Å². The van der Waals surface area contributed by atoms with Gasteiger partial charge in [0.1, 0.15) is 12.4 Å². The Hall–Kier alpha value is -4.04. The quantitative estimate of drug-likeness (QED) is 0.225. The minimum absolute atomic E-state index is 0.148. The summed E-state index contributed by atoms with van der Waals surface area (Å²) in [5.41, 5.74) is 1.06. The SMILES string of the molecule is CCOc1cc(/C=C2\SC(=O)N(CCOc3ccccc3)C2=O)ccc1OC(=O)c1ccccc1. The molecule has 0 saturated carbocycles. The van der Waals surface area contributed by atoms with Crippen LogP contribution in [0.25, 0.3) is 6.08 Å². The molecule has 1 fully saturated rings. The van der Waals surface area contributed by atoms with Gasteiger partial charge in [0.05, 0.1) is 23.6 Å². The van der Waals surface area contributed by atoms with Crippen LogP contribution in [-0.4, -0.2) is 41.8 Å². The number of carbonyl (C=O) groups is 3. The average Bonchev–Trinajstić information content (AvgIpc) is 3.14. The van der Waals surface area contributed by atoms with Crippen LogP contribution in [0.1, 0.15) is 22.8 Å². The number of hydrogen-bond acceptors (Lipinski definition) is 7. The maximum Gasteiger partial charge on any atom is 0.343 e. The summed E-state index contributed by atoms with van der Waals surface area (Å²) in [4.78, 5) is 39.1. The Labute approximate surface area is 207 Å². The first-order valence-electron chi connectivity index (χ1n) is 11.0. The number of amides is 2. The van der Waals surface area contributed by atoms with Crippen molar-refractivity contribution in [1.82, 2.24) is 4.90 Å². The molecule has 1 aliphatic rings. The smallest absolute Gasteiger partial charge is 0.343 e. The summed E-state index contributed by atoms with van der Waals surface area (Å²) in [6, 6.07) is 22.8. The molecule has 1 aliphatic heterocycles. The zero-order chi connectivity index (χ0) is 24.6. The van der Waals surface area contributed by atoms with Crippen LogP contribution in [0.4, 0.5) is 4.79 Å². The second-order valence-corrected chi connectivity index (χ2v) is 8.38. The molecule has 0 radical (unpaired) electrons. The van der Waals surface area contributed by atoms with Crippen LogP contribution in [0.5, 0.6) is 17.2 Å². The molecule has 0 aromatic heterocycles. The largest absolute Gasteiger partial charge is 0.492 e. The summed E-state index contributed by atoms with van der Waals surface area (Å²) in [6.45, 7) is 2.52. The van der Waals surface area contributed by atoms with Crippen LogP contribution in [0.3, 0.4) is 0 Å². The molecule has 1 heterocycles. The lowest BCUT2D eigenvalue weighted by Crippen LogP contribution is -2.32. The molecule has 1 saturated heterocycles. The number of para-hydroxylation sites is 1. The van der Waals surface area contributed by atoms with Gasteiger partial charge in [0.15, 0.2) is 11.5 Å². The number of carbonyl (C=O) groups excluding carboxylic acids is 3. The molecular weight excluding hydrogens is 466 g/mol. The van der Waals surface area contributed by atoms with Gasteiger partial charge in [0, 0.05) is 0 Å². The van der Waals surface area contributed by atoms with Gasteiger partial charge in [0.2, 0.25) is 0 Å². The topological polar surface area (TPSA) is 82.1 Å². The molecule has 0 aliphatic carbocycles. The van der Waals surface area contributed by atoms with Gasteiger partial charge in [-0.15, -0.1) is 0 Å². The molecule has 3 aromatic carbocycles. The van der Waals surface area contributed by atoms with Gasteiger partial charge in [-0.3, -0.25) is 14.5 Å². The average molecular weight is 490 g/mol. The maximum atomic E-state index is 12.8. The van der Waals surface area contributed by atoms with Crippen LogP contribution in [0.15, 0.2) is 83.8 Å². The lowest BCUT2D eigenvalue weighted by molar-refractivity contribution is -0.123. The predicted octanol–water partition coefficient (Wildman–Crippen LogP) is 5.42. The molecule has 4 rings (SSSR count). The van der Waals surface area contributed by atoms with Crippen molar-refractivity contribution < 1.29 is 28.6 Å². The van der Waals surface area contributed by atoms with Gasteiger partial charge in [-0.05, 0) is 66.7 Å². The van der Waals surface area contributed by atoms with Gasteiger partial charge in [0.25, 0.3) is 11.1 Å². The summed E-state index contributed by atoms with van der Waals surface area (Å²) < 4.78 is 16.8. The first-order chi connectivity index (χ1) is 17.0. The predicted molar refractivity (Wildman–Crippen MR) is 134 cm³/mol.